The van der Waals surface area contributed by atoms with Gasteiger partial charge in [-0.05, 0) is 25.1 Å². The van der Waals surface area contributed by atoms with Crippen molar-refractivity contribution < 1.29 is 8.94 Å². The van der Waals surface area contributed by atoms with E-state index < -0.39 is 0 Å². The van der Waals surface area contributed by atoms with Crippen molar-refractivity contribution in [3.8, 4) is 11.7 Å². The van der Waals surface area contributed by atoms with Gasteiger partial charge in [-0.15, -0.1) is 0 Å². The molecule has 0 aliphatic rings. The van der Waals surface area contributed by atoms with Gasteiger partial charge in [0.05, 0.1) is 6.26 Å². The van der Waals surface area contributed by atoms with E-state index >= 15 is 0 Å². The standard InChI is InChI=1S/C9H11N3O2/c10-5-1-4-8-11-9(14-12-8)7-3-2-6-13-7/h2-3,6H,1,4-5,10H2. The fourth-order valence-electron chi connectivity index (χ4n) is 1.12. The van der Waals surface area contributed by atoms with Crippen LogP contribution in [0, 0.1) is 0 Å². The van der Waals surface area contributed by atoms with Gasteiger partial charge in [0.1, 0.15) is 0 Å². The van der Waals surface area contributed by atoms with Crippen LogP contribution < -0.4 is 5.73 Å². The van der Waals surface area contributed by atoms with E-state index in [0.29, 0.717) is 24.0 Å². The first kappa shape index (κ1) is 8.96. The molecule has 0 aliphatic heterocycles. The molecule has 0 amide bonds. The highest BCUT2D eigenvalue weighted by Gasteiger charge is 2.09. The average Bonchev–Trinajstić information content (AvgIpc) is 2.85. The van der Waals surface area contributed by atoms with Gasteiger partial charge in [0.2, 0.25) is 0 Å². The molecule has 0 aromatic carbocycles. The number of hydrogen-bond acceptors (Lipinski definition) is 5. The molecular weight excluding hydrogens is 182 g/mol. The third-order valence-corrected chi connectivity index (χ3v) is 1.80. The van der Waals surface area contributed by atoms with E-state index in [1.54, 1.807) is 18.4 Å². The highest BCUT2D eigenvalue weighted by atomic mass is 16.5. The zero-order valence-corrected chi connectivity index (χ0v) is 7.64. The Morgan fingerprint density at radius 2 is 2.36 bits per heavy atom. The smallest absolute Gasteiger partial charge is 0.293 e. The highest BCUT2D eigenvalue weighted by Crippen LogP contribution is 2.17. The number of aryl methyl sites for hydroxylation is 1. The minimum atomic E-state index is 0.419. The van der Waals surface area contributed by atoms with Gasteiger partial charge in [-0.2, -0.15) is 4.98 Å². The lowest BCUT2D eigenvalue weighted by Crippen LogP contribution is -2.01. The summed E-state index contributed by atoms with van der Waals surface area (Å²) < 4.78 is 10.1. The summed E-state index contributed by atoms with van der Waals surface area (Å²) in [6, 6.07) is 3.55. The predicted molar refractivity (Wildman–Crippen MR) is 49.4 cm³/mol. The van der Waals surface area contributed by atoms with E-state index in [1.165, 1.54) is 0 Å². The summed E-state index contributed by atoms with van der Waals surface area (Å²) in [5.74, 6) is 1.68. The zero-order chi connectivity index (χ0) is 9.80. The molecule has 5 nitrogen and oxygen atoms in total. The summed E-state index contributed by atoms with van der Waals surface area (Å²) in [4.78, 5) is 4.16. The van der Waals surface area contributed by atoms with Crippen LogP contribution in [0.1, 0.15) is 12.2 Å². The molecule has 0 saturated carbocycles. The van der Waals surface area contributed by atoms with Crippen molar-refractivity contribution in [3.63, 3.8) is 0 Å². The molecule has 0 saturated heterocycles. The van der Waals surface area contributed by atoms with Gasteiger partial charge in [0.25, 0.3) is 5.89 Å². The van der Waals surface area contributed by atoms with Crippen molar-refractivity contribution in [3.05, 3.63) is 24.2 Å². The lowest BCUT2D eigenvalue weighted by atomic mass is 10.3. The lowest BCUT2D eigenvalue weighted by Gasteiger charge is -1.87. The van der Waals surface area contributed by atoms with Crippen LogP contribution in [0.15, 0.2) is 27.3 Å². The van der Waals surface area contributed by atoms with Crippen molar-refractivity contribution in [1.82, 2.24) is 10.1 Å². The first-order valence-electron chi connectivity index (χ1n) is 4.46. The number of nitrogens with zero attached hydrogens (tertiary/aromatic N) is 2. The maximum atomic E-state index is 5.37. The summed E-state index contributed by atoms with van der Waals surface area (Å²) in [7, 11) is 0. The summed E-state index contributed by atoms with van der Waals surface area (Å²) in [5, 5.41) is 3.81. The largest absolute Gasteiger partial charge is 0.459 e. The monoisotopic (exact) mass is 193 g/mol. The molecule has 74 valence electrons. The van der Waals surface area contributed by atoms with Crippen molar-refractivity contribution in [1.29, 1.82) is 0 Å². The van der Waals surface area contributed by atoms with Crippen LogP contribution in [0.4, 0.5) is 0 Å². The molecule has 2 rings (SSSR count). The van der Waals surface area contributed by atoms with Gasteiger partial charge in [0.15, 0.2) is 11.6 Å². The second kappa shape index (κ2) is 4.06. The summed E-state index contributed by atoms with van der Waals surface area (Å²) in [5.41, 5.74) is 5.37. The van der Waals surface area contributed by atoms with Gasteiger partial charge in [-0.25, -0.2) is 0 Å². The molecule has 0 atom stereocenters. The van der Waals surface area contributed by atoms with E-state index in [9.17, 15) is 0 Å². The van der Waals surface area contributed by atoms with Crippen LogP contribution in [-0.2, 0) is 6.42 Å². The lowest BCUT2D eigenvalue weighted by molar-refractivity contribution is 0.408. The van der Waals surface area contributed by atoms with Crippen molar-refractivity contribution >= 4 is 0 Å². The first-order valence-corrected chi connectivity index (χ1v) is 4.46. The molecule has 0 spiro atoms. The predicted octanol–water partition coefficient (Wildman–Crippen LogP) is 1.22. The number of aromatic nitrogens is 2. The van der Waals surface area contributed by atoms with Crippen LogP contribution in [0.5, 0.6) is 0 Å². The molecule has 0 fully saturated rings. The van der Waals surface area contributed by atoms with E-state index in [2.05, 4.69) is 10.1 Å². The molecule has 2 N–H and O–H groups in total. The van der Waals surface area contributed by atoms with E-state index in [-0.39, 0.29) is 0 Å². The average molecular weight is 193 g/mol. The number of hydrogen-bond donors (Lipinski definition) is 1. The Hall–Kier alpha value is -1.62. The number of rotatable bonds is 4. The number of nitrogens with two attached hydrogens (primary N) is 1. The Bertz CT molecular complexity index is 380. The SMILES string of the molecule is NCCCc1noc(-c2ccco2)n1. The maximum Gasteiger partial charge on any atom is 0.293 e. The molecule has 2 aromatic rings. The third-order valence-electron chi connectivity index (χ3n) is 1.80. The second-order valence-corrected chi connectivity index (χ2v) is 2.89. The van der Waals surface area contributed by atoms with Gasteiger partial charge in [0, 0.05) is 6.42 Å². The van der Waals surface area contributed by atoms with E-state index in [0.717, 1.165) is 12.8 Å². The van der Waals surface area contributed by atoms with Crippen LogP contribution in [0.2, 0.25) is 0 Å². The minimum absolute atomic E-state index is 0.419. The Morgan fingerprint density at radius 3 is 3.07 bits per heavy atom. The summed E-state index contributed by atoms with van der Waals surface area (Å²) in [6.45, 7) is 0.630. The third kappa shape index (κ3) is 1.82. The van der Waals surface area contributed by atoms with Crippen molar-refractivity contribution in [2.24, 2.45) is 5.73 Å². The normalized spacial score (nSPS) is 10.6. The number of furan rings is 1. The Labute approximate surface area is 80.9 Å². The Balaban J connectivity index is 2.10. The summed E-state index contributed by atoms with van der Waals surface area (Å²) >= 11 is 0. The first-order chi connectivity index (χ1) is 6.90. The molecule has 2 heterocycles. The zero-order valence-electron chi connectivity index (χ0n) is 7.64. The molecule has 5 heteroatoms. The Kier molecular flexibility index (Phi) is 2.60. The van der Waals surface area contributed by atoms with Gasteiger partial charge in [-0.1, -0.05) is 5.16 Å². The van der Waals surface area contributed by atoms with Gasteiger partial charge in [-0.3, -0.25) is 0 Å². The molecule has 14 heavy (non-hydrogen) atoms. The fraction of sp³-hybridized carbons (Fsp3) is 0.333. The Morgan fingerprint density at radius 1 is 1.43 bits per heavy atom. The quantitative estimate of drug-likeness (QED) is 0.789. The second-order valence-electron chi connectivity index (χ2n) is 2.89. The van der Waals surface area contributed by atoms with Crippen LogP contribution in [0.25, 0.3) is 11.7 Å². The molecule has 0 radical (unpaired) electrons. The maximum absolute atomic E-state index is 5.37. The molecule has 0 bridgehead atoms. The summed E-state index contributed by atoms with van der Waals surface area (Å²) in [6.07, 6.45) is 3.16. The van der Waals surface area contributed by atoms with Crippen LogP contribution in [-0.4, -0.2) is 16.7 Å². The van der Waals surface area contributed by atoms with E-state index in [1.807, 2.05) is 0 Å². The van der Waals surface area contributed by atoms with Gasteiger partial charge >= 0.3 is 0 Å². The van der Waals surface area contributed by atoms with Gasteiger partial charge < -0.3 is 14.7 Å². The topological polar surface area (TPSA) is 78.1 Å². The van der Waals surface area contributed by atoms with Crippen molar-refractivity contribution in [2.75, 3.05) is 6.54 Å². The molecule has 2 aromatic heterocycles. The molecular formula is C9H11N3O2. The van der Waals surface area contributed by atoms with E-state index in [4.69, 9.17) is 14.7 Å². The fourth-order valence-corrected chi connectivity index (χ4v) is 1.12. The highest BCUT2D eigenvalue weighted by molar-refractivity contribution is 5.42. The van der Waals surface area contributed by atoms with Crippen molar-refractivity contribution in [2.45, 2.75) is 12.8 Å². The van der Waals surface area contributed by atoms with Crippen LogP contribution in [0.3, 0.4) is 0 Å². The minimum Gasteiger partial charge on any atom is -0.459 e. The van der Waals surface area contributed by atoms with Crippen LogP contribution >= 0.6 is 0 Å². The molecule has 0 unspecified atom stereocenters. The molecule has 0 aliphatic carbocycles.